The van der Waals surface area contributed by atoms with E-state index in [-0.39, 0.29) is 13.2 Å². The lowest BCUT2D eigenvalue weighted by Crippen LogP contribution is -2.21. The molecular formula is C14H23NO3. The van der Waals surface area contributed by atoms with E-state index in [1.54, 1.807) is 0 Å². The molecule has 4 heteroatoms. The van der Waals surface area contributed by atoms with Crippen LogP contribution in [0.25, 0.3) is 0 Å². The van der Waals surface area contributed by atoms with Crippen LogP contribution in [0.2, 0.25) is 0 Å². The highest BCUT2D eigenvalue weighted by Crippen LogP contribution is 2.13. The van der Waals surface area contributed by atoms with Gasteiger partial charge >= 0.3 is 0 Å². The first-order valence-electron chi connectivity index (χ1n) is 6.27. The molecule has 0 heterocycles. The fourth-order valence-electron chi connectivity index (χ4n) is 1.60. The molecular weight excluding hydrogens is 230 g/mol. The summed E-state index contributed by atoms with van der Waals surface area (Å²) < 4.78 is 5.34. The zero-order chi connectivity index (χ0) is 13.4. The SMILES string of the molecule is CN(C)CCCc1ccc(OC[C@@H](O)CO)cc1. The summed E-state index contributed by atoms with van der Waals surface area (Å²) in [5.74, 6) is 0.721. The minimum Gasteiger partial charge on any atom is -0.491 e. The number of ether oxygens (including phenoxy) is 1. The molecule has 0 radical (unpaired) electrons. The Labute approximate surface area is 109 Å². The van der Waals surface area contributed by atoms with Gasteiger partial charge in [0.15, 0.2) is 0 Å². The minimum atomic E-state index is -0.815. The number of nitrogens with zero attached hydrogens (tertiary/aromatic N) is 1. The largest absolute Gasteiger partial charge is 0.491 e. The zero-order valence-corrected chi connectivity index (χ0v) is 11.2. The van der Waals surface area contributed by atoms with Gasteiger partial charge in [0, 0.05) is 0 Å². The van der Waals surface area contributed by atoms with Crippen LogP contribution >= 0.6 is 0 Å². The maximum absolute atomic E-state index is 9.16. The average molecular weight is 253 g/mol. The summed E-state index contributed by atoms with van der Waals surface area (Å²) in [6.07, 6.45) is 1.37. The molecule has 18 heavy (non-hydrogen) atoms. The summed E-state index contributed by atoms with van der Waals surface area (Å²) in [5, 5.41) is 17.8. The van der Waals surface area contributed by atoms with Gasteiger partial charge in [-0.05, 0) is 51.2 Å². The number of aryl methyl sites for hydroxylation is 1. The summed E-state index contributed by atoms with van der Waals surface area (Å²) in [5.41, 5.74) is 1.28. The van der Waals surface area contributed by atoms with Crippen LogP contribution in [0.15, 0.2) is 24.3 Å². The van der Waals surface area contributed by atoms with Crippen LogP contribution in [0.5, 0.6) is 5.75 Å². The van der Waals surface area contributed by atoms with E-state index in [2.05, 4.69) is 19.0 Å². The fraction of sp³-hybridized carbons (Fsp3) is 0.571. The number of aliphatic hydroxyl groups is 2. The van der Waals surface area contributed by atoms with Crippen molar-refractivity contribution >= 4 is 0 Å². The van der Waals surface area contributed by atoms with Crippen molar-refractivity contribution in [2.75, 3.05) is 33.9 Å². The van der Waals surface area contributed by atoms with Crippen molar-refractivity contribution in [3.05, 3.63) is 29.8 Å². The monoisotopic (exact) mass is 253 g/mol. The Kier molecular flexibility index (Phi) is 6.72. The smallest absolute Gasteiger partial charge is 0.119 e. The van der Waals surface area contributed by atoms with E-state index in [1.807, 2.05) is 24.3 Å². The quantitative estimate of drug-likeness (QED) is 0.723. The van der Waals surface area contributed by atoms with Crippen molar-refractivity contribution in [2.45, 2.75) is 18.9 Å². The number of benzene rings is 1. The Morgan fingerprint density at radius 3 is 2.44 bits per heavy atom. The molecule has 2 N–H and O–H groups in total. The van der Waals surface area contributed by atoms with E-state index in [0.29, 0.717) is 0 Å². The first-order valence-corrected chi connectivity index (χ1v) is 6.27. The lowest BCUT2D eigenvalue weighted by Gasteiger charge is -2.11. The summed E-state index contributed by atoms with van der Waals surface area (Å²) >= 11 is 0. The van der Waals surface area contributed by atoms with Gasteiger partial charge < -0.3 is 19.8 Å². The van der Waals surface area contributed by atoms with Crippen molar-refractivity contribution < 1.29 is 14.9 Å². The van der Waals surface area contributed by atoms with Gasteiger partial charge in [0.25, 0.3) is 0 Å². The molecule has 1 aromatic carbocycles. The predicted octanol–water partition coefficient (Wildman–Crippen LogP) is 0.913. The van der Waals surface area contributed by atoms with Crippen LogP contribution in [0.3, 0.4) is 0 Å². The molecule has 1 atom stereocenters. The molecule has 0 amide bonds. The molecule has 0 saturated carbocycles. The van der Waals surface area contributed by atoms with Gasteiger partial charge in [-0.1, -0.05) is 12.1 Å². The molecule has 0 aliphatic heterocycles. The van der Waals surface area contributed by atoms with E-state index in [9.17, 15) is 0 Å². The zero-order valence-electron chi connectivity index (χ0n) is 11.2. The molecule has 4 nitrogen and oxygen atoms in total. The second kappa shape index (κ2) is 8.08. The average Bonchev–Trinajstić information content (AvgIpc) is 2.37. The second-order valence-corrected chi connectivity index (χ2v) is 4.70. The summed E-state index contributed by atoms with van der Waals surface area (Å²) in [4.78, 5) is 2.17. The van der Waals surface area contributed by atoms with Gasteiger partial charge in [-0.15, -0.1) is 0 Å². The Bertz CT molecular complexity index is 324. The van der Waals surface area contributed by atoms with Crippen molar-refractivity contribution in [3.63, 3.8) is 0 Å². The molecule has 0 bridgehead atoms. The van der Waals surface area contributed by atoms with Crippen molar-refractivity contribution in [3.8, 4) is 5.75 Å². The summed E-state index contributed by atoms with van der Waals surface area (Å²) in [6, 6.07) is 7.87. The third-order valence-corrected chi connectivity index (χ3v) is 2.65. The van der Waals surface area contributed by atoms with Crippen LogP contribution in [0.4, 0.5) is 0 Å². The lowest BCUT2D eigenvalue weighted by atomic mass is 10.1. The predicted molar refractivity (Wildman–Crippen MR) is 71.9 cm³/mol. The van der Waals surface area contributed by atoms with E-state index in [1.165, 1.54) is 5.56 Å². The van der Waals surface area contributed by atoms with Crippen LogP contribution in [0.1, 0.15) is 12.0 Å². The maximum atomic E-state index is 9.16. The van der Waals surface area contributed by atoms with E-state index in [4.69, 9.17) is 14.9 Å². The topological polar surface area (TPSA) is 52.9 Å². The standard InChI is InChI=1S/C14H23NO3/c1-15(2)9-3-4-12-5-7-14(8-6-12)18-11-13(17)10-16/h5-8,13,16-17H,3-4,9-11H2,1-2H3/t13-/m0/s1. The second-order valence-electron chi connectivity index (χ2n) is 4.70. The minimum absolute atomic E-state index is 0.122. The molecule has 1 aromatic rings. The first kappa shape index (κ1) is 15.0. The highest BCUT2D eigenvalue weighted by molar-refractivity contribution is 5.27. The number of aliphatic hydroxyl groups excluding tert-OH is 2. The first-order chi connectivity index (χ1) is 8.61. The van der Waals surface area contributed by atoms with Gasteiger partial charge in [-0.2, -0.15) is 0 Å². The van der Waals surface area contributed by atoms with Crippen molar-refractivity contribution in [1.82, 2.24) is 4.90 Å². The Hall–Kier alpha value is -1.10. The Morgan fingerprint density at radius 1 is 1.22 bits per heavy atom. The Morgan fingerprint density at radius 2 is 1.89 bits per heavy atom. The van der Waals surface area contributed by atoms with E-state index < -0.39 is 6.10 Å². The van der Waals surface area contributed by atoms with Gasteiger partial charge in [0.2, 0.25) is 0 Å². The van der Waals surface area contributed by atoms with Crippen LogP contribution in [-0.2, 0) is 6.42 Å². The highest BCUT2D eigenvalue weighted by atomic mass is 16.5. The number of rotatable bonds is 8. The van der Waals surface area contributed by atoms with E-state index in [0.717, 1.165) is 25.1 Å². The summed E-state index contributed by atoms with van der Waals surface area (Å²) in [6.45, 7) is 0.931. The normalized spacial score (nSPS) is 12.7. The van der Waals surface area contributed by atoms with Crippen LogP contribution < -0.4 is 4.74 Å². The molecule has 0 aliphatic carbocycles. The molecule has 0 fully saturated rings. The molecule has 1 rings (SSSR count). The molecule has 0 aliphatic rings. The van der Waals surface area contributed by atoms with Crippen LogP contribution in [-0.4, -0.2) is 55.1 Å². The lowest BCUT2D eigenvalue weighted by molar-refractivity contribution is 0.0536. The molecule has 0 spiro atoms. The number of hydrogen-bond donors (Lipinski definition) is 2. The van der Waals surface area contributed by atoms with Gasteiger partial charge in [0.1, 0.15) is 18.5 Å². The van der Waals surface area contributed by atoms with Crippen molar-refractivity contribution in [1.29, 1.82) is 0 Å². The molecule has 0 saturated heterocycles. The molecule has 0 unspecified atom stereocenters. The van der Waals surface area contributed by atoms with Gasteiger partial charge in [0.05, 0.1) is 6.61 Å². The van der Waals surface area contributed by atoms with Crippen molar-refractivity contribution in [2.24, 2.45) is 0 Å². The summed E-state index contributed by atoms with van der Waals surface area (Å²) in [7, 11) is 4.15. The fourth-order valence-corrected chi connectivity index (χ4v) is 1.60. The Balaban J connectivity index is 2.33. The van der Waals surface area contributed by atoms with Crippen LogP contribution in [0, 0.1) is 0 Å². The third-order valence-electron chi connectivity index (χ3n) is 2.65. The molecule has 102 valence electrons. The molecule has 0 aromatic heterocycles. The van der Waals surface area contributed by atoms with Gasteiger partial charge in [-0.3, -0.25) is 0 Å². The highest BCUT2D eigenvalue weighted by Gasteiger charge is 2.03. The number of hydrogen-bond acceptors (Lipinski definition) is 4. The van der Waals surface area contributed by atoms with Gasteiger partial charge in [-0.25, -0.2) is 0 Å². The third kappa shape index (κ3) is 6.00. The van der Waals surface area contributed by atoms with E-state index >= 15 is 0 Å². The maximum Gasteiger partial charge on any atom is 0.119 e.